The summed E-state index contributed by atoms with van der Waals surface area (Å²) in [6.45, 7) is 19.6. The van der Waals surface area contributed by atoms with E-state index < -0.39 is 0 Å². The minimum absolute atomic E-state index is 0.803. The first-order chi connectivity index (χ1) is 11.8. The first-order valence-corrected chi connectivity index (χ1v) is 9.01. The van der Waals surface area contributed by atoms with E-state index in [2.05, 4.69) is 82.6 Å². The van der Waals surface area contributed by atoms with Crippen LogP contribution in [0.2, 0.25) is 0 Å². The van der Waals surface area contributed by atoms with Crippen LogP contribution in [0.3, 0.4) is 0 Å². The molecule has 1 rings (SSSR count). The highest BCUT2D eigenvalue weighted by Gasteiger charge is 2.05. The molecule has 0 saturated heterocycles. The third-order valence-corrected chi connectivity index (χ3v) is 4.30. The zero-order chi connectivity index (χ0) is 18.8. The van der Waals surface area contributed by atoms with E-state index in [1.165, 1.54) is 27.8 Å². The molecule has 0 heterocycles. The van der Waals surface area contributed by atoms with Crippen molar-refractivity contribution in [2.24, 2.45) is 0 Å². The zero-order valence-corrected chi connectivity index (χ0v) is 16.6. The summed E-state index contributed by atoms with van der Waals surface area (Å²) in [5.41, 5.74) is 8.58. The van der Waals surface area contributed by atoms with Crippen molar-refractivity contribution in [2.75, 3.05) is 0 Å². The van der Waals surface area contributed by atoms with Gasteiger partial charge >= 0.3 is 0 Å². The van der Waals surface area contributed by atoms with Gasteiger partial charge in [-0.15, -0.1) is 0 Å². The maximum Gasteiger partial charge on any atom is 0.0400 e. The third-order valence-electron chi connectivity index (χ3n) is 4.30. The Morgan fingerprint density at radius 1 is 1.04 bits per heavy atom. The highest BCUT2D eigenvalue weighted by molar-refractivity contribution is 5.35. The van der Waals surface area contributed by atoms with Crippen LogP contribution in [-0.4, -0.2) is 0 Å². The van der Waals surface area contributed by atoms with Gasteiger partial charge in [0.05, 0.1) is 0 Å². The van der Waals surface area contributed by atoms with Crippen LogP contribution in [0.5, 0.6) is 0 Å². The molecule has 25 heavy (non-hydrogen) atoms. The second-order valence-corrected chi connectivity index (χ2v) is 6.76. The van der Waals surface area contributed by atoms with Crippen LogP contribution < -0.4 is 5.32 Å². The van der Waals surface area contributed by atoms with Crippen molar-refractivity contribution >= 4 is 0 Å². The fraction of sp³-hybridized carbons (Fsp3) is 0.333. The normalized spacial score (nSPS) is 12.9. The van der Waals surface area contributed by atoms with Crippen molar-refractivity contribution < 1.29 is 0 Å². The largest absolute Gasteiger partial charge is 0.381 e. The highest BCUT2D eigenvalue weighted by Crippen LogP contribution is 2.20. The van der Waals surface area contributed by atoms with Crippen LogP contribution in [0.25, 0.3) is 0 Å². The Morgan fingerprint density at radius 3 is 2.24 bits per heavy atom. The van der Waals surface area contributed by atoms with Gasteiger partial charge in [0, 0.05) is 12.2 Å². The van der Waals surface area contributed by atoms with Crippen molar-refractivity contribution in [3.63, 3.8) is 0 Å². The van der Waals surface area contributed by atoms with Crippen LogP contribution in [0, 0.1) is 6.92 Å². The minimum atomic E-state index is 0.803. The standard InChI is InChI=1S/C24H33N/c1-8-21(6)24(16-13-19(4)10-9-18(2)3)22(7)25-17-23-14-11-20(5)12-15-23/h9-15,25H,2,7-8,16-17H2,1,3-6H3/b10-9-,19-13-,24-21-. The fourth-order valence-electron chi connectivity index (χ4n) is 2.39. The topological polar surface area (TPSA) is 12.0 Å². The van der Waals surface area contributed by atoms with Crippen LogP contribution in [0.4, 0.5) is 0 Å². The van der Waals surface area contributed by atoms with Crippen LogP contribution in [0.15, 0.2) is 83.6 Å². The van der Waals surface area contributed by atoms with Crippen molar-refractivity contribution in [1.82, 2.24) is 5.32 Å². The molecule has 1 nitrogen and oxygen atoms in total. The molecule has 1 N–H and O–H groups in total. The third kappa shape index (κ3) is 7.89. The first-order valence-electron chi connectivity index (χ1n) is 9.01. The lowest BCUT2D eigenvalue weighted by Gasteiger charge is -2.16. The number of hydrogen-bond acceptors (Lipinski definition) is 1. The van der Waals surface area contributed by atoms with Gasteiger partial charge in [-0.2, -0.15) is 0 Å². The summed E-state index contributed by atoms with van der Waals surface area (Å²) < 4.78 is 0. The van der Waals surface area contributed by atoms with E-state index >= 15 is 0 Å². The summed E-state index contributed by atoms with van der Waals surface area (Å²) in [6, 6.07) is 8.62. The Balaban J connectivity index is 2.78. The molecule has 1 aromatic carbocycles. The number of allylic oxidation sites excluding steroid dienone is 7. The van der Waals surface area contributed by atoms with Crippen molar-refractivity contribution in [3.8, 4) is 0 Å². The second-order valence-electron chi connectivity index (χ2n) is 6.76. The summed E-state index contributed by atoms with van der Waals surface area (Å²) >= 11 is 0. The van der Waals surface area contributed by atoms with Gasteiger partial charge in [-0.25, -0.2) is 0 Å². The van der Waals surface area contributed by atoms with Crippen LogP contribution >= 0.6 is 0 Å². The number of benzene rings is 1. The number of rotatable bonds is 9. The number of aryl methyl sites for hydroxylation is 1. The quantitative estimate of drug-likeness (QED) is 0.490. The molecule has 1 aromatic rings. The predicted octanol–water partition coefficient (Wildman–Crippen LogP) is 6.79. The molecule has 0 bridgehead atoms. The summed E-state index contributed by atoms with van der Waals surface area (Å²) in [5.74, 6) is 0. The minimum Gasteiger partial charge on any atom is -0.381 e. The fourth-order valence-corrected chi connectivity index (χ4v) is 2.39. The second kappa shape index (κ2) is 10.6. The van der Waals surface area contributed by atoms with E-state index in [-0.39, 0.29) is 0 Å². The van der Waals surface area contributed by atoms with Crippen molar-refractivity contribution in [2.45, 2.75) is 54.0 Å². The molecule has 0 saturated carbocycles. The van der Waals surface area contributed by atoms with E-state index in [0.717, 1.165) is 30.7 Å². The van der Waals surface area contributed by atoms with Gasteiger partial charge in [-0.1, -0.05) is 84.9 Å². The molecule has 1 heteroatoms. The monoisotopic (exact) mass is 335 g/mol. The van der Waals surface area contributed by atoms with Crippen LogP contribution in [0.1, 0.15) is 51.7 Å². The van der Waals surface area contributed by atoms with Gasteiger partial charge in [0.2, 0.25) is 0 Å². The Bertz CT molecular complexity index is 681. The van der Waals surface area contributed by atoms with Crippen molar-refractivity contribution in [3.05, 3.63) is 94.8 Å². The van der Waals surface area contributed by atoms with Gasteiger partial charge in [-0.3, -0.25) is 0 Å². The smallest absolute Gasteiger partial charge is 0.0400 e. The summed E-state index contributed by atoms with van der Waals surface area (Å²) in [7, 11) is 0. The maximum absolute atomic E-state index is 4.28. The number of nitrogens with one attached hydrogen (secondary N) is 1. The van der Waals surface area contributed by atoms with E-state index in [1.807, 2.05) is 13.0 Å². The average molecular weight is 336 g/mol. The predicted molar refractivity (Wildman–Crippen MR) is 112 cm³/mol. The molecule has 134 valence electrons. The summed E-state index contributed by atoms with van der Waals surface area (Å²) in [6.07, 6.45) is 8.35. The molecule has 0 aliphatic carbocycles. The van der Waals surface area contributed by atoms with Gasteiger partial charge < -0.3 is 5.32 Å². The molecule has 0 atom stereocenters. The SMILES string of the molecule is C=C(C)/C=C\C(C)=C/C/C(C(=C)NCc1ccc(C)cc1)=C(\C)CC. The molecule has 0 aliphatic heterocycles. The molecule has 0 unspecified atom stereocenters. The molecule has 0 spiro atoms. The van der Waals surface area contributed by atoms with Gasteiger partial charge in [0.25, 0.3) is 0 Å². The Kier molecular flexibility index (Phi) is 8.77. The average Bonchev–Trinajstić information content (AvgIpc) is 2.59. The summed E-state index contributed by atoms with van der Waals surface area (Å²) in [5, 5.41) is 3.49. The van der Waals surface area contributed by atoms with E-state index in [4.69, 9.17) is 0 Å². The number of hydrogen-bond donors (Lipinski definition) is 1. The molecule has 0 amide bonds. The zero-order valence-electron chi connectivity index (χ0n) is 16.6. The van der Waals surface area contributed by atoms with E-state index in [9.17, 15) is 0 Å². The van der Waals surface area contributed by atoms with Gasteiger partial charge in [0.1, 0.15) is 0 Å². The molecule has 0 aliphatic rings. The lowest BCUT2D eigenvalue weighted by atomic mass is 9.99. The lowest BCUT2D eigenvalue weighted by Crippen LogP contribution is -2.14. The Hall–Kier alpha value is -2.28. The Labute approximate surface area is 154 Å². The Morgan fingerprint density at radius 2 is 1.68 bits per heavy atom. The summed E-state index contributed by atoms with van der Waals surface area (Å²) in [4.78, 5) is 0. The first kappa shape index (κ1) is 20.8. The highest BCUT2D eigenvalue weighted by atomic mass is 14.9. The van der Waals surface area contributed by atoms with Gasteiger partial charge in [0.15, 0.2) is 0 Å². The van der Waals surface area contributed by atoms with E-state index in [0.29, 0.717) is 0 Å². The van der Waals surface area contributed by atoms with Gasteiger partial charge in [-0.05, 0) is 51.7 Å². The molecular weight excluding hydrogens is 302 g/mol. The van der Waals surface area contributed by atoms with E-state index in [1.54, 1.807) is 0 Å². The molecule has 0 radical (unpaired) electrons. The lowest BCUT2D eigenvalue weighted by molar-refractivity contribution is 0.807. The van der Waals surface area contributed by atoms with Crippen molar-refractivity contribution in [1.29, 1.82) is 0 Å². The molecular formula is C24H33N. The van der Waals surface area contributed by atoms with Crippen LogP contribution in [-0.2, 0) is 6.54 Å². The molecule has 0 aromatic heterocycles. The maximum atomic E-state index is 4.28. The molecule has 0 fully saturated rings.